The standard InChI is InChI=1S/C23H23N5O2/c1-27-14-17(19-6-2-3-7-20(19)27)8-9-21(29)28-12-10-18(15-28)23-26-25-22(30-23)16-5-4-11-24-13-16/h2-7,11,13-14,18H,8-10,12,15H2,1H3. The van der Waals surface area contributed by atoms with Gasteiger partial charge in [-0.25, -0.2) is 0 Å². The van der Waals surface area contributed by atoms with E-state index in [1.165, 1.54) is 16.5 Å². The van der Waals surface area contributed by atoms with E-state index >= 15 is 0 Å². The van der Waals surface area contributed by atoms with Gasteiger partial charge >= 0.3 is 0 Å². The van der Waals surface area contributed by atoms with Gasteiger partial charge in [-0.3, -0.25) is 9.78 Å². The van der Waals surface area contributed by atoms with Gasteiger partial charge in [-0.1, -0.05) is 18.2 Å². The van der Waals surface area contributed by atoms with Crippen LogP contribution in [0.15, 0.2) is 59.4 Å². The average molecular weight is 401 g/mol. The van der Waals surface area contributed by atoms with Crippen LogP contribution in [0.2, 0.25) is 0 Å². The molecule has 1 aliphatic heterocycles. The molecule has 1 atom stereocenters. The summed E-state index contributed by atoms with van der Waals surface area (Å²) >= 11 is 0. The maximum Gasteiger partial charge on any atom is 0.249 e. The molecule has 4 heterocycles. The van der Waals surface area contributed by atoms with Gasteiger partial charge in [0.05, 0.1) is 11.5 Å². The van der Waals surface area contributed by atoms with E-state index in [1.807, 2.05) is 36.2 Å². The summed E-state index contributed by atoms with van der Waals surface area (Å²) in [4.78, 5) is 18.8. The molecule has 0 bridgehead atoms. The lowest BCUT2D eigenvalue weighted by atomic mass is 10.1. The Labute approximate surface area is 174 Å². The van der Waals surface area contributed by atoms with Crippen molar-refractivity contribution in [2.45, 2.75) is 25.2 Å². The van der Waals surface area contributed by atoms with Gasteiger partial charge in [-0.15, -0.1) is 10.2 Å². The summed E-state index contributed by atoms with van der Waals surface area (Å²) in [5.41, 5.74) is 3.22. The smallest absolute Gasteiger partial charge is 0.249 e. The minimum absolute atomic E-state index is 0.0874. The maximum absolute atomic E-state index is 12.8. The van der Waals surface area contributed by atoms with E-state index in [0.717, 1.165) is 24.9 Å². The lowest BCUT2D eigenvalue weighted by molar-refractivity contribution is -0.130. The highest BCUT2D eigenvalue weighted by Crippen LogP contribution is 2.29. The SMILES string of the molecule is Cn1cc(CCC(=O)N2CCC(c3nnc(-c4cccnc4)o3)C2)c2ccccc21. The fourth-order valence-corrected chi connectivity index (χ4v) is 4.22. The van der Waals surface area contributed by atoms with Crippen LogP contribution in [0.5, 0.6) is 0 Å². The van der Waals surface area contributed by atoms with Crippen molar-refractivity contribution in [2.24, 2.45) is 7.05 Å². The molecule has 1 aliphatic rings. The van der Waals surface area contributed by atoms with Crippen LogP contribution >= 0.6 is 0 Å². The van der Waals surface area contributed by atoms with Crippen LogP contribution in [0.25, 0.3) is 22.4 Å². The van der Waals surface area contributed by atoms with Crippen LogP contribution in [-0.4, -0.2) is 43.6 Å². The minimum Gasteiger partial charge on any atom is -0.420 e. The predicted octanol–water partition coefficient (Wildman–Crippen LogP) is 3.57. The predicted molar refractivity (Wildman–Crippen MR) is 113 cm³/mol. The van der Waals surface area contributed by atoms with E-state index in [0.29, 0.717) is 24.7 Å². The average Bonchev–Trinajstić information content (AvgIpc) is 3.52. The molecule has 7 nitrogen and oxygen atoms in total. The molecule has 1 amide bonds. The van der Waals surface area contributed by atoms with Gasteiger partial charge in [-0.05, 0) is 36.6 Å². The topological polar surface area (TPSA) is 77.1 Å². The van der Waals surface area contributed by atoms with E-state index in [-0.39, 0.29) is 11.8 Å². The number of carbonyl (C=O) groups excluding carboxylic acids is 1. The Bertz CT molecular complexity index is 1180. The molecule has 3 aromatic heterocycles. The summed E-state index contributed by atoms with van der Waals surface area (Å²) in [5, 5.41) is 9.58. The normalized spacial score (nSPS) is 16.4. The third-order valence-electron chi connectivity index (χ3n) is 5.83. The number of aryl methyl sites for hydroxylation is 2. The molecular weight excluding hydrogens is 378 g/mol. The second kappa shape index (κ2) is 7.74. The Balaban J connectivity index is 1.22. The van der Waals surface area contributed by atoms with Crippen molar-refractivity contribution in [1.82, 2.24) is 24.6 Å². The van der Waals surface area contributed by atoms with Gasteiger partial charge < -0.3 is 13.9 Å². The Hall–Kier alpha value is -3.48. The second-order valence-corrected chi connectivity index (χ2v) is 7.79. The zero-order valence-corrected chi connectivity index (χ0v) is 16.9. The zero-order valence-electron chi connectivity index (χ0n) is 16.9. The molecule has 0 saturated carbocycles. The van der Waals surface area contributed by atoms with Crippen LogP contribution in [-0.2, 0) is 18.3 Å². The molecular formula is C23H23N5O2. The van der Waals surface area contributed by atoms with Crippen LogP contribution in [0.4, 0.5) is 0 Å². The van der Waals surface area contributed by atoms with Gasteiger partial charge in [0.25, 0.3) is 0 Å². The van der Waals surface area contributed by atoms with E-state index < -0.39 is 0 Å². The summed E-state index contributed by atoms with van der Waals surface area (Å²) in [6.45, 7) is 1.35. The zero-order chi connectivity index (χ0) is 20.5. The monoisotopic (exact) mass is 401 g/mol. The van der Waals surface area contributed by atoms with Crippen molar-refractivity contribution >= 4 is 16.8 Å². The van der Waals surface area contributed by atoms with E-state index in [4.69, 9.17) is 4.42 Å². The van der Waals surface area contributed by atoms with Crippen LogP contribution in [0.1, 0.15) is 30.2 Å². The van der Waals surface area contributed by atoms with Crippen molar-refractivity contribution in [3.63, 3.8) is 0 Å². The highest BCUT2D eigenvalue weighted by Gasteiger charge is 2.31. The number of aromatic nitrogens is 4. The molecule has 30 heavy (non-hydrogen) atoms. The summed E-state index contributed by atoms with van der Waals surface area (Å²) in [6.07, 6.45) is 7.63. The molecule has 1 saturated heterocycles. The molecule has 0 spiro atoms. The van der Waals surface area contributed by atoms with Crippen LogP contribution in [0, 0.1) is 0 Å². The number of nitrogens with zero attached hydrogens (tertiary/aromatic N) is 5. The number of fused-ring (bicyclic) bond motifs is 1. The van der Waals surface area contributed by atoms with Crippen molar-refractivity contribution < 1.29 is 9.21 Å². The number of pyridine rings is 1. The first-order chi connectivity index (χ1) is 14.7. The first-order valence-electron chi connectivity index (χ1n) is 10.2. The molecule has 4 aromatic rings. The molecule has 152 valence electrons. The molecule has 1 fully saturated rings. The quantitative estimate of drug-likeness (QED) is 0.511. The van der Waals surface area contributed by atoms with Gasteiger partial charge in [0, 0.05) is 56.1 Å². The molecule has 0 aliphatic carbocycles. The van der Waals surface area contributed by atoms with Gasteiger partial charge in [0.2, 0.25) is 17.7 Å². The fourth-order valence-electron chi connectivity index (χ4n) is 4.22. The largest absolute Gasteiger partial charge is 0.420 e. The summed E-state index contributed by atoms with van der Waals surface area (Å²) in [5.74, 6) is 1.33. The number of carbonyl (C=O) groups is 1. The molecule has 7 heteroatoms. The minimum atomic E-state index is 0.0874. The second-order valence-electron chi connectivity index (χ2n) is 7.79. The third kappa shape index (κ3) is 3.47. The number of benzene rings is 1. The molecule has 1 aromatic carbocycles. The Morgan fingerprint density at radius 1 is 1.20 bits per heavy atom. The highest BCUT2D eigenvalue weighted by molar-refractivity contribution is 5.85. The number of rotatable bonds is 5. The number of para-hydroxylation sites is 1. The first-order valence-corrected chi connectivity index (χ1v) is 10.2. The van der Waals surface area contributed by atoms with Crippen molar-refractivity contribution in [3.05, 3.63) is 66.4 Å². The Kier molecular flexibility index (Phi) is 4.78. The summed E-state index contributed by atoms with van der Waals surface area (Å²) in [6, 6.07) is 12.0. The van der Waals surface area contributed by atoms with E-state index in [1.54, 1.807) is 12.4 Å². The Morgan fingerprint density at radius 2 is 2.10 bits per heavy atom. The van der Waals surface area contributed by atoms with Crippen molar-refractivity contribution in [2.75, 3.05) is 13.1 Å². The van der Waals surface area contributed by atoms with Crippen molar-refractivity contribution in [1.29, 1.82) is 0 Å². The number of amides is 1. The van der Waals surface area contributed by atoms with Gasteiger partial charge in [-0.2, -0.15) is 0 Å². The lowest BCUT2D eigenvalue weighted by Crippen LogP contribution is -2.28. The molecule has 5 rings (SSSR count). The third-order valence-corrected chi connectivity index (χ3v) is 5.83. The lowest BCUT2D eigenvalue weighted by Gasteiger charge is -2.15. The van der Waals surface area contributed by atoms with E-state index in [9.17, 15) is 4.79 Å². The Morgan fingerprint density at radius 3 is 2.97 bits per heavy atom. The fraction of sp³-hybridized carbons (Fsp3) is 0.304. The van der Waals surface area contributed by atoms with Crippen LogP contribution < -0.4 is 0 Å². The van der Waals surface area contributed by atoms with Crippen LogP contribution in [0.3, 0.4) is 0 Å². The number of hydrogen-bond donors (Lipinski definition) is 0. The van der Waals surface area contributed by atoms with Crippen molar-refractivity contribution in [3.8, 4) is 11.5 Å². The summed E-state index contributed by atoms with van der Waals surface area (Å²) < 4.78 is 7.98. The van der Waals surface area contributed by atoms with Gasteiger partial charge in [0.1, 0.15) is 0 Å². The maximum atomic E-state index is 12.8. The molecule has 1 unspecified atom stereocenters. The highest BCUT2D eigenvalue weighted by atomic mass is 16.4. The molecule has 0 radical (unpaired) electrons. The number of hydrogen-bond acceptors (Lipinski definition) is 5. The number of likely N-dealkylation sites (tertiary alicyclic amines) is 1. The first kappa shape index (κ1) is 18.5. The van der Waals surface area contributed by atoms with Gasteiger partial charge in [0.15, 0.2) is 0 Å². The van der Waals surface area contributed by atoms with E-state index in [2.05, 4.69) is 38.1 Å². The molecule has 0 N–H and O–H groups in total. The summed E-state index contributed by atoms with van der Waals surface area (Å²) in [7, 11) is 2.04.